The van der Waals surface area contributed by atoms with Gasteiger partial charge < -0.3 is 10.0 Å². The molecule has 27 heavy (non-hydrogen) atoms. The maximum Gasteiger partial charge on any atom is 0.410 e. The van der Waals surface area contributed by atoms with Gasteiger partial charge in [0.25, 0.3) is 0 Å². The van der Waals surface area contributed by atoms with Gasteiger partial charge in [0.15, 0.2) is 0 Å². The zero-order valence-corrected chi connectivity index (χ0v) is 18.0. The highest BCUT2D eigenvalue weighted by Crippen LogP contribution is 2.32. The highest BCUT2D eigenvalue weighted by molar-refractivity contribution is 6.78. The second-order valence-corrected chi connectivity index (χ2v) is 8.31. The minimum Gasteiger partial charge on any atom is -0.394 e. The van der Waals surface area contributed by atoms with Crippen molar-refractivity contribution in [2.45, 2.75) is 53.4 Å². The second kappa shape index (κ2) is 7.42. The van der Waals surface area contributed by atoms with E-state index in [1.165, 1.54) is 39.0 Å². The van der Waals surface area contributed by atoms with Crippen molar-refractivity contribution >= 4 is 24.0 Å². The first kappa shape index (κ1) is 19.5. The van der Waals surface area contributed by atoms with Crippen LogP contribution in [0.1, 0.15) is 67.3 Å². The zero-order valence-electron chi connectivity index (χ0n) is 18.0. The van der Waals surface area contributed by atoms with Crippen molar-refractivity contribution in [3.8, 4) is 0 Å². The number of hydrogen-bond acceptors (Lipinski definition) is 2. The van der Waals surface area contributed by atoms with E-state index in [4.69, 9.17) is 0 Å². The van der Waals surface area contributed by atoms with Crippen molar-refractivity contribution in [2.24, 2.45) is 4.99 Å². The van der Waals surface area contributed by atoms with E-state index in [9.17, 15) is 0 Å². The van der Waals surface area contributed by atoms with Gasteiger partial charge in [-0.2, -0.15) is 0 Å². The number of rotatable bonds is 3. The summed E-state index contributed by atoms with van der Waals surface area (Å²) in [6, 6.07) is 11.2. The summed E-state index contributed by atoms with van der Waals surface area (Å²) in [6.45, 7) is 13.6. The molecule has 0 spiro atoms. The predicted octanol–water partition coefficient (Wildman–Crippen LogP) is 4.36. The Kier molecular flexibility index (Phi) is 5.37. The largest absolute Gasteiger partial charge is 0.410 e. The molecule has 0 saturated heterocycles. The van der Waals surface area contributed by atoms with Gasteiger partial charge in [0.1, 0.15) is 5.84 Å². The Bertz CT molecular complexity index is 857. The summed E-state index contributed by atoms with van der Waals surface area (Å²) in [5.74, 6) is 1.93. The van der Waals surface area contributed by atoms with E-state index < -0.39 is 0 Å². The van der Waals surface area contributed by atoms with Gasteiger partial charge in [-0.1, -0.05) is 58.0 Å². The number of hydrogen-bond donors (Lipinski definition) is 1. The first-order valence-electron chi connectivity index (χ1n) is 9.97. The van der Waals surface area contributed by atoms with Crippen LogP contribution in [0.2, 0.25) is 0 Å². The van der Waals surface area contributed by atoms with Crippen LogP contribution in [-0.4, -0.2) is 26.9 Å². The molecule has 0 atom stereocenters. The zero-order chi connectivity index (χ0) is 19.9. The molecule has 0 aromatic heterocycles. The molecule has 1 heterocycles. The van der Waals surface area contributed by atoms with Crippen LogP contribution in [0.5, 0.6) is 0 Å². The van der Waals surface area contributed by atoms with Crippen LogP contribution in [0.4, 0.5) is 5.69 Å². The van der Waals surface area contributed by atoms with Crippen molar-refractivity contribution < 1.29 is 0 Å². The lowest BCUT2D eigenvalue weighted by Crippen LogP contribution is -2.64. The highest BCUT2D eigenvalue weighted by Gasteiger charge is 2.37. The van der Waals surface area contributed by atoms with Crippen molar-refractivity contribution in [2.75, 3.05) is 18.9 Å². The van der Waals surface area contributed by atoms with Crippen molar-refractivity contribution in [1.29, 1.82) is 0 Å². The molecule has 1 N–H and O–H groups in total. The Balaban J connectivity index is 2.27. The van der Waals surface area contributed by atoms with Crippen LogP contribution in [0.3, 0.4) is 0 Å². The summed E-state index contributed by atoms with van der Waals surface area (Å²) in [5, 5.41) is 3.76. The summed E-state index contributed by atoms with van der Waals surface area (Å²) in [4.78, 5) is 7.03. The monoisotopic (exact) mass is 361 g/mol. The van der Waals surface area contributed by atoms with Crippen LogP contribution in [0.25, 0.3) is 0 Å². The molecule has 142 valence electrons. The lowest BCUT2D eigenvalue weighted by molar-refractivity contribution is 0.843. The molecular formula is C23H32BN3. The van der Waals surface area contributed by atoms with Gasteiger partial charge >= 0.3 is 6.98 Å². The number of aliphatic imine (C=N–C) groups is 1. The van der Waals surface area contributed by atoms with Crippen LogP contribution in [-0.2, 0) is 0 Å². The Hall–Kier alpha value is -2.23. The Morgan fingerprint density at radius 3 is 2.00 bits per heavy atom. The van der Waals surface area contributed by atoms with Gasteiger partial charge in [-0.15, -0.1) is 0 Å². The first-order valence-corrected chi connectivity index (χ1v) is 9.97. The van der Waals surface area contributed by atoms with E-state index in [1.54, 1.807) is 0 Å². The van der Waals surface area contributed by atoms with Gasteiger partial charge in [0.05, 0.1) is 0 Å². The lowest BCUT2D eigenvalue weighted by Gasteiger charge is -2.39. The summed E-state index contributed by atoms with van der Waals surface area (Å²) in [7, 11) is 4.09. The predicted molar refractivity (Wildman–Crippen MR) is 120 cm³/mol. The quantitative estimate of drug-likeness (QED) is 0.823. The Morgan fingerprint density at radius 2 is 1.48 bits per heavy atom. The summed E-state index contributed by atoms with van der Waals surface area (Å²) >= 11 is 0. The fourth-order valence-corrected chi connectivity index (χ4v) is 4.34. The first-order chi connectivity index (χ1) is 12.8. The average Bonchev–Trinajstić information content (AvgIpc) is 2.64. The molecule has 4 heteroatoms. The Morgan fingerprint density at radius 1 is 0.926 bits per heavy atom. The number of nitrogens with zero attached hydrogens (tertiary/aromatic N) is 2. The fraction of sp³-hybridized carbons (Fsp3) is 0.435. The number of benzene rings is 2. The third-order valence-electron chi connectivity index (χ3n) is 5.75. The normalized spacial score (nSPS) is 15.6. The summed E-state index contributed by atoms with van der Waals surface area (Å²) in [6.07, 6.45) is 0. The van der Waals surface area contributed by atoms with Gasteiger partial charge in [-0.05, 0) is 60.4 Å². The molecule has 2 aromatic carbocycles. The molecular weight excluding hydrogens is 329 g/mol. The van der Waals surface area contributed by atoms with E-state index >= 15 is 0 Å². The average molecular weight is 361 g/mol. The van der Waals surface area contributed by atoms with Gasteiger partial charge in [-0.25, -0.2) is 0 Å². The third-order valence-corrected chi connectivity index (χ3v) is 5.75. The molecule has 0 unspecified atom stereocenters. The molecule has 3 rings (SSSR count). The van der Waals surface area contributed by atoms with Crippen LogP contribution < -0.4 is 15.5 Å². The van der Waals surface area contributed by atoms with Gasteiger partial charge in [-0.3, -0.25) is 4.99 Å². The molecule has 0 saturated carbocycles. The standard InChI is InChI=1S/C23H32BN3/c1-14(2)18-10-9-11-19(15(3)4)21(18)24-26-23(25-7)20-16(5)12-13-17(6)22(20)27(24)8/h9-15H,1-8H3,(H,25,26). The second-order valence-electron chi connectivity index (χ2n) is 8.31. The minimum atomic E-state index is 0.0766. The van der Waals surface area contributed by atoms with Crippen LogP contribution >= 0.6 is 0 Å². The van der Waals surface area contributed by atoms with Crippen molar-refractivity contribution in [3.05, 3.63) is 58.1 Å². The van der Waals surface area contributed by atoms with Crippen molar-refractivity contribution in [3.63, 3.8) is 0 Å². The lowest BCUT2D eigenvalue weighted by atomic mass is 9.58. The maximum atomic E-state index is 4.63. The van der Waals surface area contributed by atoms with E-state index in [0.29, 0.717) is 11.8 Å². The van der Waals surface area contributed by atoms with E-state index in [-0.39, 0.29) is 6.98 Å². The highest BCUT2D eigenvalue weighted by atomic mass is 15.2. The van der Waals surface area contributed by atoms with Crippen LogP contribution in [0, 0.1) is 13.8 Å². The summed E-state index contributed by atoms with van der Waals surface area (Å²) < 4.78 is 0. The molecule has 0 aliphatic carbocycles. The van der Waals surface area contributed by atoms with Gasteiger partial charge in [0.2, 0.25) is 0 Å². The number of nitrogens with one attached hydrogen (secondary N) is 1. The minimum absolute atomic E-state index is 0.0766. The van der Waals surface area contributed by atoms with E-state index in [2.05, 4.69) is 94.0 Å². The maximum absolute atomic E-state index is 4.63. The Labute approximate surface area is 165 Å². The molecule has 0 radical (unpaired) electrons. The summed E-state index contributed by atoms with van der Waals surface area (Å²) in [5.41, 5.74) is 9.29. The van der Waals surface area contributed by atoms with Crippen LogP contribution in [0.15, 0.2) is 35.3 Å². The smallest absolute Gasteiger partial charge is 0.394 e. The molecule has 0 bridgehead atoms. The molecule has 3 nitrogen and oxygen atoms in total. The molecule has 2 aromatic rings. The molecule has 0 fully saturated rings. The molecule has 1 aliphatic rings. The molecule has 0 amide bonds. The van der Waals surface area contributed by atoms with E-state index in [1.807, 2.05) is 7.05 Å². The fourth-order valence-electron chi connectivity index (χ4n) is 4.34. The van der Waals surface area contributed by atoms with E-state index in [0.717, 1.165) is 5.84 Å². The van der Waals surface area contributed by atoms with Crippen molar-refractivity contribution in [1.82, 2.24) is 5.23 Å². The van der Waals surface area contributed by atoms with Gasteiger partial charge in [0, 0.05) is 18.3 Å². The third kappa shape index (κ3) is 3.26. The molecule has 1 aliphatic heterocycles. The topological polar surface area (TPSA) is 27.6 Å². The number of aryl methyl sites for hydroxylation is 2. The number of amidine groups is 1. The number of anilines is 1. The number of fused-ring (bicyclic) bond motifs is 1. The SMILES string of the molecule is C/N=C1/NB(c2c(C(C)C)cccc2C(C)C)N(C)c2c(C)ccc(C)c21.